The third-order valence-electron chi connectivity index (χ3n) is 3.01. The van der Waals surface area contributed by atoms with Crippen molar-refractivity contribution in [3.63, 3.8) is 0 Å². The highest BCUT2D eigenvalue weighted by Crippen LogP contribution is 2.26. The van der Waals surface area contributed by atoms with E-state index in [1.54, 1.807) is 7.11 Å². The normalized spacial score (nSPS) is 8.75. The van der Waals surface area contributed by atoms with E-state index in [-0.39, 0.29) is 0 Å². The van der Waals surface area contributed by atoms with Gasteiger partial charge in [-0.2, -0.15) is 0 Å². The summed E-state index contributed by atoms with van der Waals surface area (Å²) in [6, 6.07) is 14.6. The Kier molecular flexibility index (Phi) is 9.19. The predicted octanol–water partition coefficient (Wildman–Crippen LogP) is 6.03. The van der Waals surface area contributed by atoms with Crippen molar-refractivity contribution < 1.29 is 4.74 Å². The molecule has 0 saturated heterocycles. The van der Waals surface area contributed by atoms with Crippen molar-refractivity contribution in [1.82, 2.24) is 0 Å². The molecule has 0 N–H and O–H groups in total. The number of hydrogen-bond acceptors (Lipinski definition) is 1. The van der Waals surface area contributed by atoms with Gasteiger partial charge in [-0.1, -0.05) is 58.0 Å². The Morgan fingerprint density at radius 3 is 1.80 bits per heavy atom. The van der Waals surface area contributed by atoms with Crippen molar-refractivity contribution >= 4 is 0 Å². The smallest absolute Gasteiger partial charge is 0.118 e. The average molecular weight is 272 g/mol. The average Bonchev–Trinajstić information content (AvgIpc) is 2.54. The first-order valence-corrected chi connectivity index (χ1v) is 7.43. The van der Waals surface area contributed by atoms with Gasteiger partial charge < -0.3 is 4.74 Å². The molecule has 20 heavy (non-hydrogen) atoms. The van der Waals surface area contributed by atoms with Crippen LogP contribution in [0.2, 0.25) is 0 Å². The van der Waals surface area contributed by atoms with Crippen LogP contribution in [0.5, 0.6) is 5.75 Å². The van der Waals surface area contributed by atoms with Crippen molar-refractivity contribution in [3.8, 4) is 16.9 Å². The molecule has 2 aromatic carbocycles. The lowest BCUT2D eigenvalue weighted by Crippen LogP contribution is -1.87. The largest absolute Gasteiger partial charge is 0.497 e. The van der Waals surface area contributed by atoms with Crippen molar-refractivity contribution in [1.29, 1.82) is 0 Å². The van der Waals surface area contributed by atoms with Gasteiger partial charge in [-0.05, 0) is 48.2 Å². The molecule has 0 radical (unpaired) electrons. The van der Waals surface area contributed by atoms with Crippen LogP contribution in [0.4, 0.5) is 0 Å². The van der Waals surface area contributed by atoms with Gasteiger partial charge in [0.05, 0.1) is 7.11 Å². The first-order chi connectivity index (χ1) is 9.72. The highest BCUT2D eigenvalue weighted by Gasteiger charge is 2.03. The standard InChI is InChI=1S/C15H16O.2C2H6/c1-11-5-4-6-15(12(11)2)13-7-9-14(16-3)10-8-13;2*1-2/h4-10H,1-3H3;2*1-2H3. The number of ether oxygens (including phenoxy) is 1. The second kappa shape index (κ2) is 10.1. The molecule has 2 rings (SSSR count). The van der Waals surface area contributed by atoms with Crippen molar-refractivity contribution in [2.24, 2.45) is 0 Å². The minimum absolute atomic E-state index is 0.897. The Labute approximate surface area is 124 Å². The van der Waals surface area contributed by atoms with E-state index < -0.39 is 0 Å². The molecule has 0 aliphatic heterocycles. The van der Waals surface area contributed by atoms with E-state index in [1.807, 2.05) is 39.8 Å². The number of aryl methyl sites for hydroxylation is 1. The molecular formula is C19H28O. The SMILES string of the molecule is CC.CC.COc1ccc(-c2cccc(C)c2C)cc1. The topological polar surface area (TPSA) is 9.23 Å². The van der Waals surface area contributed by atoms with Crippen molar-refractivity contribution in [3.05, 3.63) is 53.6 Å². The second-order valence-corrected chi connectivity index (χ2v) is 3.98. The van der Waals surface area contributed by atoms with Crippen LogP contribution in [0, 0.1) is 13.8 Å². The zero-order valence-electron chi connectivity index (χ0n) is 13.9. The van der Waals surface area contributed by atoms with E-state index in [4.69, 9.17) is 4.74 Å². The molecule has 0 aromatic heterocycles. The van der Waals surface area contributed by atoms with E-state index in [0.717, 1.165) is 5.75 Å². The summed E-state index contributed by atoms with van der Waals surface area (Å²) in [4.78, 5) is 0. The Morgan fingerprint density at radius 2 is 1.30 bits per heavy atom. The van der Waals surface area contributed by atoms with Crippen LogP contribution in [0.25, 0.3) is 11.1 Å². The summed E-state index contributed by atoms with van der Waals surface area (Å²) in [6.45, 7) is 12.3. The van der Waals surface area contributed by atoms with Crippen LogP contribution in [0.3, 0.4) is 0 Å². The van der Waals surface area contributed by atoms with Gasteiger partial charge in [-0.15, -0.1) is 0 Å². The lowest BCUT2D eigenvalue weighted by atomic mass is 9.97. The monoisotopic (exact) mass is 272 g/mol. The molecule has 0 heterocycles. The minimum Gasteiger partial charge on any atom is -0.497 e. The molecular weight excluding hydrogens is 244 g/mol. The van der Waals surface area contributed by atoms with E-state index in [0.29, 0.717) is 0 Å². The highest BCUT2D eigenvalue weighted by molar-refractivity contribution is 5.68. The van der Waals surface area contributed by atoms with Crippen LogP contribution in [0.1, 0.15) is 38.8 Å². The summed E-state index contributed by atoms with van der Waals surface area (Å²) < 4.78 is 5.16. The van der Waals surface area contributed by atoms with Crippen LogP contribution in [-0.2, 0) is 0 Å². The summed E-state index contributed by atoms with van der Waals surface area (Å²) >= 11 is 0. The quantitative estimate of drug-likeness (QED) is 0.648. The molecule has 0 aliphatic rings. The van der Waals surface area contributed by atoms with Gasteiger partial charge in [0, 0.05) is 0 Å². The number of methoxy groups -OCH3 is 1. The molecule has 0 spiro atoms. The maximum absolute atomic E-state index is 5.16. The first-order valence-electron chi connectivity index (χ1n) is 7.43. The van der Waals surface area contributed by atoms with E-state index in [2.05, 4.69) is 44.2 Å². The maximum atomic E-state index is 5.16. The van der Waals surface area contributed by atoms with Crippen LogP contribution < -0.4 is 4.74 Å². The molecule has 0 unspecified atom stereocenters. The molecule has 0 saturated carbocycles. The van der Waals surface area contributed by atoms with Gasteiger partial charge in [0.25, 0.3) is 0 Å². The summed E-state index contributed by atoms with van der Waals surface area (Å²) in [5, 5.41) is 0. The van der Waals surface area contributed by atoms with Crippen molar-refractivity contribution in [2.45, 2.75) is 41.5 Å². The van der Waals surface area contributed by atoms with E-state index in [9.17, 15) is 0 Å². The highest BCUT2D eigenvalue weighted by atomic mass is 16.5. The molecule has 0 amide bonds. The van der Waals surface area contributed by atoms with Gasteiger partial charge in [0.2, 0.25) is 0 Å². The van der Waals surface area contributed by atoms with Crippen molar-refractivity contribution in [2.75, 3.05) is 7.11 Å². The zero-order chi connectivity index (χ0) is 15.5. The van der Waals surface area contributed by atoms with Crippen LogP contribution in [0.15, 0.2) is 42.5 Å². The summed E-state index contributed by atoms with van der Waals surface area (Å²) in [7, 11) is 1.69. The molecule has 0 aliphatic carbocycles. The van der Waals surface area contributed by atoms with Crippen LogP contribution >= 0.6 is 0 Å². The predicted molar refractivity (Wildman–Crippen MR) is 90.6 cm³/mol. The molecule has 1 nitrogen and oxygen atoms in total. The van der Waals surface area contributed by atoms with Crippen LogP contribution in [-0.4, -0.2) is 7.11 Å². The maximum Gasteiger partial charge on any atom is 0.118 e. The number of hydrogen-bond donors (Lipinski definition) is 0. The lowest BCUT2D eigenvalue weighted by Gasteiger charge is -2.09. The molecule has 0 atom stereocenters. The fourth-order valence-corrected chi connectivity index (χ4v) is 1.83. The molecule has 0 fully saturated rings. The first kappa shape index (κ1) is 18.2. The Balaban J connectivity index is 0.000000829. The van der Waals surface area contributed by atoms with Gasteiger partial charge in [0.1, 0.15) is 5.75 Å². The van der Waals surface area contributed by atoms with E-state index >= 15 is 0 Å². The molecule has 110 valence electrons. The van der Waals surface area contributed by atoms with E-state index in [1.165, 1.54) is 22.3 Å². The second-order valence-electron chi connectivity index (χ2n) is 3.98. The van der Waals surface area contributed by atoms with Gasteiger partial charge >= 0.3 is 0 Å². The lowest BCUT2D eigenvalue weighted by molar-refractivity contribution is 0.415. The number of rotatable bonds is 2. The summed E-state index contributed by atoms with van der Waals surface area (Å²) in [6.07, 6.45) is 0. The Morgan fingerprint density at radius 1 is 0.750 bits per heavy atom. The Bertz CT molecular complexity index is 484. The van der Waals surface area contributed by atoms with Gasteiger partial charge in [0.15, 0.2) is 0 Å². The molecule has 1 heteroatoms. The number of benzene rings is 2. The fourth-order valence-electron chi connectivity index (χ4n) is 1.83. The zero-order valence-corrected chi connectivity index (χ0v) is 13.9. The molecule has 2 aromatic rings. The van der Waals surface area contributed by atoms with Gasteiger partial charge in [-0.3, -0.25) is 0 Å². The Hall–Kier alpha value is -1.76. The fraction of sp³-hybridized carbons (Fsp3) is 0.368. The summed E-state index contributed by atoms with van der Waals surface area (Å²) in [5.74, 6) is 0.897. The minimum atomic E-state index is 0.897. The van der Waals surface area contributed by atoms with Gasteiger partial charge in [-0.25, -0.2) is 0 Å². The molecule has 0 bridgehead atoms. The summed E-state index contributed by atoms with van der Waals surface area (Å²) in [5.41, 5.74) is 5.20. The third-order valence-corrected chi connectivity index (χ3v) is 3.01. The third kappa shape index (κ3) is 4.73.